The second kappa shape index (κ2) is 4.13. The topological polar surface area (TPSA) is 17.1 Å². The van der Waals surface area contributed by atoms with Crippen molar-refractivity contribution in [3.05, 3.63) is 35.1 Å². The van der Waals surface area contributed by atoms with Crippen LogP contribution in [0.25, 0.3) is 0 Å². The van der Waals surface area contributed by atoms with Gasteiger partial charge in [0.05, 0.1) is 0 Å². The first-order valence-corrected chi connectivity index (χ1v) is 5.42. The van der Waals surface area contributed by atoms with Crippen molar-refractivity contribution < 1.29 is 9.18 Å². The lowest BCUT2D eigenvalue weighted by Crippen LogP contribution is -2.05. The van der Waals surface area contributed by atoms with E-state index in [0.717, 1.165) is 11.1 Å². The fourth-order valence-corrected chi connectivity index (χ4v) is 1.76. The normalized spacial score (nSPS) is 15.3. The van der Waals surface area contributed by atoms with E-state index < -0.39 is 0 Å². The van der Waals surface area contributed by atoms with E-state index in [0.29, 0.717) is 18.8 Å². The van der Waals surface area contributed by atoms with Crippen molar-refractivity contribution in [1.29, 1.82) is 0 Å². The average molecular weight is 206 g/mol. The second-order valence-electron chi connectivity index (χ2n) is 4.43. The highest BCUT2D eigenvalue weighted by Crippen LogP contribution is 2.32. The molecule has 2 heteroatoms. The molecule has 1 nitrogen and oxygen atoms in total. The maximum atomic E-state index is 13.0. The van der Waals surface area contributed by atoms with Crippen LogP contribution in [0.5, 0.6) is 0 Å². The SMILES string of the molecule is Cc1ccc(F)cc1CC(=O)CC1CC1. The minimum absolute atomic E-state index is 0.242. The lowest BCUT2D eigenvalue weighted by molar-refractivity contribution is -0.118. The van der Waals surface area contributed by atoms with Gasteiger partial charge in [0.1, 0.15) is 11.6 Å². The van der Waals surface area contributed by atoms with Crippen LogP contribution in [0.1, 0.15) is 30.4 Å². The number of benzene rings is 1. The summed E-state index contributed by atoms with van der Waals surface area (Å²) >= 11 is 0. The van der Waals surface area contributed by atoms with Crippen LogP contribution in [0.4, 0.5) is 4.39 Å². The molecule has 1 fully saturated rings. The van der Waals surface area contributed by atoms with Gasteiger partial charge in [-0.2, -0.15) is 0 Å². The van der Waals surface area contributed by atoms with Crippen molar-refractivity contribution in [2.75, 3.05) is 0 Å². The minimum atomic E-state index is -0.255. The van der Waals surface area contributed by atoms with Gasteiger partial charge in [0.15, 0.2) is 0 Å². The van der Waals surface area contributed by atoms with Gasteiger partial charge in [-0.15, -0.1) is 0 Å². The number of aryl methyl sites for hydroxylation is 1. The largest absolute Gasteiger partial charge is 0.299 e. The maximum absolute atomic E-state index is 13.0. The lowest BCUT2D eigenvalue weighted by atomic mass is 10.0. The number of carbonyl (C=O) groups excluding carboxylic acids is 1. The Morgan fingerprint density at radius 2 is 2.20 bits per heavy atom. The highest BCUT2D eigenvalue weighted by molar-refractivity contribution is 5.81. The molecule has 0 unspecified atom stereocenters. The molecule has 80 valence electrons. The number of halogens is 1. The van der Waals surface area contributed by atoms with E-state index in [1.165, 1.54) is 25.0 Å². The first kappa shape index (κ1) is 10.3. The molecule has 0 aliphatic heterocycles. The zero-order valence-corrected chi connectivity index (χ0v) is 8.92. The molecule has 0 amide bonds. The molecular formula is C13H15FO. The minimum Gasteiger partial charge on any atom is -0.299 e. The maximum Gasteiger partial charge on any atom is 0.137 e. The van der Waals surface area contributed by atoms with E-state index >= 15 is 0 Å². The molecular weight excluding hydrogens is 191 g/mol. The van der Waals surface area contributed by atoms with Crippen molar-refractivity contribution in [2.45, 2.75) is 32.6 Å². The van der Waals surface area contributed by atoms with E-state index in [9.17, 15) is 9.18 Å². The van der Waals surface area contributed by atoms with Crippen LogP contribution in [0.2, 0.25) is 0 Å². The van der Waals surface area contributed by atoms with Crippen LogP contribution in [0, 0.1) is 18.7 Å². The summed E-state index contributed by atoms with van der Waals surface area (Å²) in [7, 11) is 0. The van der Waals surface area contributed by atoms with E-state index in [1.54, 1.807) is 6.07 Å². The van der Waals surface area contributed by atoms with Crippen molar-refractivity contribution in [1.82, 2.24) is 0 Å². The van der Waals surface area contributed by atoms with E-state index in [2.05, 4.69) is 0 Å². The van der Waals surface area contributed by atoms with Crippen LogP contribution in [0.3, 0.4) is 0 Å². The Kier molecular flexibility index (Phi) is 2.85. The summed E-state index contributed by atoms with van der Waals surface area (Å²) in [6, 6.07) is 4.64. The molecule has 1 aliphatic carbocycles. The summed E-state index contributed by atoms with van der Waals surface area (Å²) in [6.07, 6.45) is 3.44. The summed E-state index contributed by atoms with van der Waals surface area (Å²) in [5.74, 6) is 0.604. The summed E-state index contributed by atoms with van der Waals surface area (Å²) in [5.41, 5.74) is 1.83. The van der Waals surface area contributed by atoms with Crippen LogP contribution >= 0.6 is 0 Å². The quantitative estimate of drug-likeness (QED) is 0.740. The van der Waals surface area contributed by atoms with Gasteiger partial charge in [0.25, 0.3) is 0 Å². The first-order chi connectivity index (χ1) is 7.15. The number of hydrogen-bond donors (Lipinski definition) is 0. The van der Waals surface area contributed by atoms with Gasteiger partial charge in [-0.05, 0) is 48.9 Å². The molecule has 15 heavy (non-hydrogen) atoms. The molecule has 0 bridgehead atoms. The Morgan fingerprint density at radius 1 is 1.47 bits per heavy atom. The summed E-state index contributed by atoms with van der Waals surface area (Å²) in [5, 5.41) is 0. The number of ketones is 1. The molecule has 0 radical (unpaired) electrons. The van der Waals surface area contributed by atoms with Crippen LogP contribution in [0.15, 0.2) is 18.2 Å². The van der Waals surface area contributed by atoms with Crippen molar-refractivity contribution in [3.8, 4) is 0 Å². The molecule has 0 N–H and O–H groups in total. The van der Waals surface area contributed by atoms with Gasteiger partial charge in [-0.3, -0.25) is 4.79 Å². The average Bonchev–Trinajstić information content (AvgIpc) is 2.95. The molecule has 0 aromatic heterocycles. The molecule has 2 rings (SSSR count). The molecule has 1 aromatic rings. The van der Waals surface area contributed by atoms with E-state index in [-0.39, 0.29) is 11.6 Å². The standard InChI is InChI=1S/C13H15FO/c1-9-2-5-12(14)7-11(9)8-13(15)6-10-3-4-10/h2,5,7,10H,3-4,6,8H2,1H3. The summed E-state index contributed by atoms with van der Waals surface area (Å²) in [4.78, 5) is 11.6. The molecule has 0 atom stereocenters. The first-order valence-electron chi connectivity index (χ1n) is 5.42. The Bertz CT molecular complexity index is 380. The monoisotopic (exact) mass is 206 g/mol. The Labute approximate surface area is 89.3 Å². The third-order valence-corrected chi connectivity index (χ3v) is 2.91. The molecule has 0 heterocycles. The number of Topliss-reactive ketones (excluding diaryl/α,β-unsaturated/α-hetero) is 1. The van der Waals surface area contributed by atoms with Gasteiger partial charge in [0, 0.05) is 12.8 Å². The third kappa shape index (κ3) is 2.88. The predicted octanol–water partition coefficient (Wildman–Crippen LogP) is 3.05. The molecule has 1 saturated carbocycles. The van der Waals surface area contributed by atoms with Gasteiger partial charge in [-0.1, -0.05) is 6.07 Å². The molecule has 0 spiro atoms. The molecule has 1 aromatic carbocycles. The number of hydrogen-bond acceptors (Lipinski definition) is 1. The smallest absolute Gasteiger partial charge is 0.137 e. The number of rotatable bonds is 4. The van der Waals surface area contributed by atoms with Gasteiger partial charge < -0.3 is 0 Å². The molecule has 1 aliphatic rings. The highest BCUT2D eigenvalue weighted by atomic mass is 19.1. The van der Waals surface area contributed by atoms with Gasteiger partial charge in [-0.25, -0.2) is 4.39 Å². The summed E-state index contributed by atoms with van der Waals surface area (Å²) < 4.78 is 13.0. The Hall–Kier alpha value is -1.18. The van der Waals surface area contributed by atoms with Crippen LogP contribution in [-0.4, -0.2) is 5.78 Å². The van der Waals surface area contributed by atoms with Gasteiger partial charge >= 0.3 is 0 Å². The number of carbonyl (C=O) groups is 1. The lowest BCUT2D eigenvalue weighted by Gasteiger charge is -2.04. The van der Waals surface area contributed by atoms with Crippen molar-refractivity contribution >= 4 is 5.78 Å². The second-order valence-corrected chi connectivity index (χ2v) is 4.43. The van der Waals surface area contributed by atoms with Crippen molar-refractivity contribution in [2.24, 2.45) is 5.92 Å². The summed E-state index contributed by atoms with van der Waals surface area (Å²) in [6.45, 7) is 1.92. The molecule has 0 saturated heterocycles. The van der Waals surface area contributed by atoms with Crippen molar-refractivity contribution in [3.63, 3.8) is 0 Å². The predicted molar refractivity (Wildman–Crippen MR) is 57.2 cm³/mol. The van der Waals surface area contributed by atoms with Crippen LogP contribution in [-0.2, 0) is 11.2 Å². The Morgan fingerprint density at radius 3 is 2.87 bits per heavy atom. The highest BCUT2D eigenvalue weighted by Gasteiger charge is 2.24. The zero-order valence-electron chi connectivity index (χ0n) is 8.92. The van der Waals surface area contributed by atoms with E-state index in [4.69, 9.17) is 0 Å². The fraction of sp³-hybridized carbons (Fsp3) is 0.462. The third-order valence-electron chi connectivity index (χ3n) is 2.91. The van der Waals surface area contributed by atoms with E-state index in [1.807, 2.05) is 6.92 Å². The zero-order chi connectivity index (χ0) is 10.8. The van der Waals surface area contributed by atoms with Gasteiger partial charge in [0.2, 0.25) is 0 Å². The van der Waals surface area contributed by atoms with Crippen LogP contribution < -0.4 is 0 Å². The fourth-order valence-electron chi connectivity index (χ4n) is 1.76. The Balaban J connectivity index is 2.01.